The standard InChI is InChI=1S/C27H24ClNO4/c1-3-31-23-7-5-4-6-19(23)13-24-25(30)22-12-20-15-29(14-18-8-10-21(28)11-9-18)16-32-26(20)17(2)27(22)33-24/h4-13H,3,14-16H2,1-2H3/b24-13-. The molecule has 0 fully saturated rings. The van der Waals surface area contributed by atoms with Crippen molar-refractivity contribution in [1.29, 1.82) is 0 Å². The van der Waals surface area contributed by atoms with Crippen LogP contribution in [0, 0.1) is 6.92 Å². The lowest BCUT2D eigenvalue weighted by atomic mass is 9.99. The Morgan fingerprint density at radius 3 is 2.70 bits per heavy atom. The van der Waals surface area contributed by atoms with Crippen molar-refractivity contribution in [3.8, 4) is 17.2 Å². The monoisotopic (exact) mass is 461 g/mol. The number of Topliss-reactive ketones (excluding diaryl/α,β-unsaturated/α-hetero) is 1. The average Bonchev–Trinajstić information content (AvgIpc) is 3.12. The lowest BCUT2D eigenvalue weighted by molar-refractivity contribution is 0.0876. The number of fused-ring (bicyclic) bond motifs is 2. The molecule has 0 saturated heterocycles. The summed E-state index contributed by atoms with van der Waals surface area (Å²) in [4.78, 5) is 15.4. The van der Waals surface area contributed by atoms with Crippen LogP contribution in [-0.2, 0) is 13.1 Å². The van der Waals surface area contributed by atoms with E-state index in [0.29, 0.717) is 37.0 Å². The minimum Gasteiger partial charge on any atom is -0.493 e. The van der Waals surface area contributed by atoms with Gasteiger partial charge in [0.2, 0.25) is 5.78 Å². The first-order valence-electron chi connectivity index (χ1n) is 11.0. The summed E-state index contributed by atoms with van der Waals surface area (Å²) in [7, 11) is 0. The zero-order valence-electron chi connectivity index (χ0n) is 18.6. The van der Waals surface area contributed by atoms with Gasteiger partial charge in [0.25, 0.3) is 0 Å². The Hall–Kier alpha value is -3.28. The van der Waals surface area contributed by atoms with Gasteiger partial charge in [0, 0.05) is 34.8 Å². The SMILES string of the molecule is CCOc1ccccc1/C=C1\Oc2c(cc3c(c2C)OCN(Cc2ccc(Cl)cc2)C3)C1=O. The van der Waals surface area contributed by atoms with Gasteiger partial charge in [-0.1, -0.05) is 41.9 Å². The Kier molecular flexibility index (Phi) is 5.83. The molecule has 3 aromatic carbocycles. The predicted molar refractivity (Wildman–Crippen MR) is 128 cm³/mol. The van der Waals surface area contributed by atoms with Crippen LogP contribution in [0.3, 0.4) is 0 Å². The summed E-state index contributed by atoms with van der Waals surface area (Å²) >= 11 is 6.00. The second-order valence-electron chi connectivity index (χ2n) is 8.16. The lowest BCUT2D eigenvalue weighted by Gasteiger charge is -2.30. The number of halogens is 1. The zero-order chi connectivity index (χ0) is 22.9. The van der Waals surface area contributed by atoms with E-state index >= 15 is 0 Å². The molecule has 2 aliphatic heterocycles. The second-order valence-corrected chi connectivity index (χ2v) is 8.60. The lowest BCUT2D eigenvalue weighted by Crippen LogP contribution is -2.32. The Balaban J connectivity index is 1.42. The van der Waals surface area contributed by atoms with Crippen LogP contribution in [0.1, 0.15) is 39.5 Å². The van der Waals surface area contributed by atoms with Gasteiger partial charge in [0.1, 0.15) is 24.0 Å². The summed E-state index contributed by atoms with van der Waals surface area (Å²) in [6, 6.07) is 17.3. The third kappa shape index (κ3) is 4.22. The number of ether oxygens (including phenoxy) is 3. The molecule has 5 nitrogen and oxygen atoms in total. The van der Waals surface area contributed by atoms with Crippen LogP contribution in [0.2, 0.25) is 5.02 Å². The number of ketones is 1. The van der Waals surface area contributed by atoms with Crippen molar-refractivity contribution in [2.24, 2.45) is 0 Å². The summed E-state index contributed by atoms with van der Waals surface area (Å²) in [5, 5.41) is 0.719. The molecule has 168 valence electrons. The van der Waals surface area contributed by atoms with E-state index in [0.717, 1.165) is 45.3 Å². The number of nitrogens with zero attached hydrogens (tertiary/aromatic N) is 1. The maximum absolute atomic E-state index is 13.2. The molecule has 0 atom stereocenters. The first-order chi connectivity index (χ1) is 16.0. The van der Waals surface area contributed by atoms with E-state index in [1.165, 1.54) is 0 Å². The summed E-state index contributed by atoms with van der Waals surface area (Å²) in [5.74, 6) is 2.25. The molecule has 0 saturated carbocycles. The number of carbonyl (C=O) groups is 1. The van der Waals surface area contributed by atoms with Gasteiger partial charge in [-0.2, -0.15) is 0 Å². The van der Waals surface area contributed by atoms with E-state index in [1.807, 2.05) is 68.4 Å². The topological polar surface area (TPSA) is 48.0 Å². The molecule has 0 bridgehead atoms. The van der Waals surface area contributed by atoms with Crippen molar-refractivity contribution in [3.05, 3.63) is 93.2 Å². The average molecular weight is 462 g/mol. The number of benzene rings is 3. The molecule has 0 unspecified atom stereocenters. The Morgan fingerprint density at radius 2 is 1.91 bits per heavy atom. The molecule has 2 heterocycles. The third-order valence-corrected chi connectivity index (χ3v) is 6.08. The van der Waals surface area contributed by atoms with Crippen molar-refractivity contribution in [2.45, 2.75) is 26.9 Å². The first-order valence-corrected chi connectivity index (χ1v) is 11.3. The van der Waals surface area contributed by atoms with Gasteiger partial charge in [-0.15, -0.1) is 0 Å². The number of hydrogen-bond donors (Lipinski definition) is 0. The summed E-state index contributed by atoms with van der Waals surface area (Å²) in [5.41, 5.74) is 4.37. The molecule has 2 aliphatic rings. The van der Waals surface area contributed by atoms with Crippen LogP contribution >= 0.6 is 11.6 Å². The smallest absolute Gasteiger partial charge is 0.231 e. The van der Waals surface area contributed by atoms with Crippen molar-refractivity contribution in [2.75, 3.05) is 13.3 Å². The Bertz CT molecular complexity index is 1250. The number of hydrogen-bond acceptors (Lipinski definition) is 5. The van der Waals surface area contributed by atoms with E-state index in [-0.39, 0.29) is 5.78 Å². The van der Waals surface area contributed by atoms with Gasteiger partial charge in [-0.3, -0.25) is 9.69 Å². The molecule has 0 spiro atoms. The van der Waals surface area contributed by atoms with Crippen molar-refractivity contribution >= 4 is 23.5 Å². The third-order valence-electron chi connectivity index (χ3n) is 5.83. The predicted octanol–water partition coefficient (Wildman–Crippen LogP) is 6.02. The molecular weight excluding hydrogens is 438 g/mol. The maximum atomic E-state index is 13.2. The molecule has 0 aliphatic carbocycles. The normalized spacial score (nSPS) is 16.2. The van der Waals surface area contributed by atoms with Crippen molar-refractivity contribution < 1.29 is 19.0 Å². The van der Waals surface area contributed by atoms with E-state index < -0.39 is 0 Å². The van der Waals surface area contributed by atoms with Crippen LogP contribution in [0.15, 0.2) is 60.4 Å². The van der Waals surface area contributed by atoms with E-state index in [2.05, 4.69) is 4.90 Å². The highest BCUT2D eigenvalue weighted by molar-refractivity contribution is 6.30. The molecule has 5 rings (SSSR count). The summed E-state index contributed by atoms with van der Waals surface area (Å²) < 4.78 is 17.8. The highest BCUT2D eigenvalue weighted by Crippen LogP contribution is 2.43. The molecular formula is C27H24ClNO4. The van der Waals surface area contributed by atoms with Crippen LogP contribution in [0.25, 0.3) is 6.08 Å². The fourth-order valence-corrected chi connectivity index (χ4v) is 4.40. The molecule has 0 N–H and O–H groups in total. The van der Waals surface area contributed by atoms with Gasteiger partial charge >= 0.3 is 0 Å². The second kappa shape index (κ2) is 8.93. The van der Waals surface area contributed by atoms with Gasteiger partial charge in [0.05, 0.1) is 12.2 Å². The van der Waals surface area contributed by atoms with Crippen molar-refractivity contribution in [3.63, 3.8) is 0 Å². The minimum atomic E-state index is -0.128. The summed E-state index contributed by atoms with van der Waals surface area (Å²) in [6.07, 6.45) is 1.75. The van der Waals surface area contributed by atoms with E-state index in [4.69, 9.17) is 25.8 Å². The fraction of sp³-hybridized carbons (Fsp3) is 0.222. The molecule has 0 aromatic heterocycles. The van der Waals surface area contributed by atoms with Crippen molar-refractivity contribution in [1.82, 2.24) is 4.90 Å². The van der Waals surface area contributed by atoms with Gasteiger partial charge < -0.3 is 14.2 Å². The molecule has 33 heavy (non-hydrogen) atoms. The molecule has 0 amide bonds. The first kappa shape index (κ1) is 21.6. The van der Waals surface area contributed by atoms with Crippen LogP contribution in [0.5, 0.6) is 17.2 Å². The van der Waals surface area contributed by atoms with Gasteiger partial charge in [-0.05, 0) is 49.8 Å². The number of rotatable bonds is 5. The summed E-state index contributed by atoms with van der Waals surface area (Å²) in [6.45, 7) is 6.30. The number of para-hydroxylation sites is 1. The highest BCUT2D eigenvalue weighted by Gasteiger charge is 2.33. The largest absolute Gasteiger partial charge is 0.493 e. The molecule has 0 radical (unpaired) electrons. The minimum absolute atomic E-state index is 0.128. The van der Waals surface area contributed by atoms with E-state index in [1.54, 1.807) is 6.08 Å². The highest BCUT2D eigenvalue weighted by atomic mass is 35.5. The zero-order valence-corrected chi connectivity index (χ0v) is 19.3. The maximum Gasteiger partial charge on any atom is 0.231 e. The van der Waals surface area contributed by atoms with E-state index in [9.17, 15) is 4.79 Å². The number of carbonyl (C=O) groups excluding carboxylic acids is 1. The molecule has 3 aromatic rings. The van der Waals surface area contributed by atoms with Crippen LogP contribution in [-0.4, -0.2) is 24.0 Å². The molecule has 6 heteroatoms. The Labute approximate surface area is 198 Å². The van der Waals surface area contributed by atoms with Crippen LogP contribution in [0.4, 0.5) is 0 Å². The fourth-order valence-electron chi connectivity index (χ4n) is 4.27. The van der Waals surface area contributed by atoms with Gasteiger partial charge in [0.15, 0.2) is 5.76 Å². The number of allylic oxidation sites excluding steroid dienone is 1. The quantitative estimate of drug-likeness (QED) is 0.435. The van der Waals surface area contributed by atoms with Crippen LogP contribution < -0.4 is 14.2 Å². The van der Waals surface area contributed by atoms with Gasteiger partial charge in [-0.25, -0.2) is 0 Å². The Morgan fingerprint density at radius 1 is 1.12 bits per heavy atom.